The molecule has 10 nitrogen and oxygen atoms in total. The van der Waals surface area contributed by atoms with E-state index >= 15 is 0 Å². The van der Waals surface area contributed by atoms with Gasteiger partial charge in [0.2, 0.25) is 0 Å². The second kappa shape index (κ2) is 11.8. The van der Waals surface area contributed by atoms with Crippen LogP contribution < -0.4 is 16.1 Å². The summed E-state index contributed by atoms with van der Waals surface area (Å²) >= 11 is 7.51. The number of ketones is 1. The standard InChI is InChI=1S/C22H26ClN7O3S/c1-13-5-4-6-16(23)15(13)9-17(31)18-11-25-22(34-18)28-20-10-19(26-14(2)27-20)24-7-8-30(3)12-21(32)29-33/h4-6,10-11,33H,7-9,12H2,1-3H3,(H,29,32)(H2,24,25,26,27,28). The summed E-state index contributed by atoms with van der Waals surface area (Å²) in [5.74, 6) is 1.18. The highest BCUT2D eigenvalue weighted by molar-refractivity contribution is 7.17. The van der Waals surface area contributed by atoms with Crippen molar-refractivity contribution in [1.82, 2.24) is 25.3 Å². The molecule has 0 saturated heterocycles. The van der Waals surface area contributed by atoms with E-state index in [0.717, 1.165) is 11.1 Å². The van der Waals surface area contributed by atoms with Gasteiger partial charge in [-0.3, -0.25) is 19.7 Å². The van der Waals surface area contributed by atoms with Crippen molar-refractivity contribution in [3.05, 3.63) is 57.3 Å². The summed E-state index contributed by atoms with van der Waals surface area (Å²) in [7, 11) is 1.77. The highest BCUT2D eigenvalue weighted by Crippen LogP contribution is 2.26. The predicted octanol–water partition coefficient (Wildman–Crippen LogP) is 3.22. The fourth-order valence-corrected chi connectivity index (χ4v) is 4.21. The Morgan fingerprint density at radius 1 is 1.21 bits per heavy atom. The number of carbonyl (C=O) groups is 2. The summed E-state index contributed by atoms with van der Waals surface area (Å²) in [6, 6.07) is 7.31. The van der Waals surface area contributed by atoms with E-state index in [0.29, 0.717) is 45.6 Å². The Morgan fingerprint density at radius 2 is 1.97 bits per heavy atom. The van der Waals surface area contributed by atoms with Gasteiger partial charge in [0.15, 0.2) is 10.9 Å². The van der Waals surface area contributed by atoms with Crippen molar-refractivity contribution >= 4 is 51.4 Å². The fraction of sp³-hybridized carbons (Fsp3) is 0.318. The molecule has 1 aromatic carbocycles. The molecular formula is C22H26ClN7O3S. The Hall–Kier alpha value is -3.12. The van der Waals surface area contributed by atoms with E-state index in [1.165, 1.54) is 11.3 Å². The average Bonchev–Trinajstić information content (AvgIpc) is 3.24. The van der Waals surface area contributed by atoms with Crippen LogP contribution in [-0.4, -0.2) is 63.4 Å². The number of aromatic nitrogens is 3. The van der Waals surface area contributed by atoms with Gasteiger partial charge in [-0.2, -0.15) is 0 Å². The molecule has 0 aliphatic heterocycles. The highest BCUT2D eigenvalue weighted by atomic mass is 35.5. The number of amides is 1. The lowest BCUT2D eigenvalue weighted by Gasteiger charge is -2.16. The molecule has 0 saturated carbocycles. The third kappa shape index (κ3) is 7.19. The quantitative estimate of drug-likeness (QED) is 0.177. The number of aryl methyl sites for hydroxylation is 2. The first-order valence-electron chi connectivity index (χ1n) is 10.5. The third-order valence-electron chi connectivity index (χ3n) is 4.88. The Balaban J connectivity index is 1.60. The molecule has 3 rings (SSSR count). The fourth-order valence-electron chi connectivity index (χ4n) is 3.17. The van der Waals surface area contributed by atoms with Crippen LogP contribution >= 0.6 is 22.9 Å². The van der Waals surface area contributed by atoms with Crippen LogP contribution in [0, 0.1) is 13.8 Å². The van der Waals surface area contributed by atoms with Crippen LogP contribution in [0.3, 0.4) is 0 Å². The second-order valence-electron chi connectivity index (χ2n) is 7.68. The molecule has 1 amide bonds. The van der Waals surface area contributed by atoms with Gasteiger partial charge in [0.1, 0.15) is 17.5 Å². The topological polar surface area (TPSA) is 132 Å². The van der Waals surface area contributed by atoms with Gasteiger partial charge in [0.25, 0.3) is 5.91 Å². The molecule has 0 spiro atoms. The van der Waals surface area contributed by atoms with Crippen molar-refractivity contribution in [2.24, 2.45) is 0 Å². The van der Waals surface area contributed by atoms with Crippen LogP contribution in [0.4, 0.5) is 16.8 Å². The number of nitrogens with zero attached hydrogens (tertiary/aromatic N) is 4. The number of rotatable bonds is 11. The van der Waals surface area contributed by atoms with E-state index in [1.54, 1.807) is 42.7 Å². The molecule has 3 aromatic rings. The molecule has 0 unspecified atom stereocenters. The van der Waals surface area contributed by atoms with Crippen molar-refractivity contribution in [3.63, 3.8) is 0 Å². The van der Waals surface area contributed by atoms with Gasteiger partial charge in [-0.15, -0.1) is 0 Å². The minimum Gasteiger partial charge on any atom is -0.369 e. The molecule has 34 heavy (non-hydrogen) atoms. The molecule has 0 atom stereocenters. The van der Waals surface area contributed by atoms with Crippen LogP contribution in [0.1, 0.15) is 26.6 Å². The van der Waals surface area contributed by atoms with Gasteiger partial charge < -0.3 is 10.6 Å². The number of benzene rings is 1. The second-order valence-corrected chi connectivity index (χ2v) is 9.11. The molecule has 180 valence electrons. The number of anilines is 3. The first-order valence-corrected chi connectivity index (χ1v) is 11.7. The summed E-state index contributed by atoms with van der Waals surface area (Å²) in [4.78, 5) is 39.3. The molecule has 12 heteroatoms. The summed E-state index contributed by atoms with van der Waals surface area (Å²) in [5.41, 5.74) is 3.40. The summed E-state index contributed by atoms with van der Waals surface area (Å²) in [6.07, 6.45) is 1.76. The first-order chi connectivity index (χ1) is 16.2. The Labute approximate surface area is 206 Å². The van der Waals surface area contributed by atoms with Gasteiger partial charge in [-0.1, -0.05) is 35.1 Å². The van der Waals surface area contributed by atoms with Crippen molar-refractivity contribution < 1.29 is 14.8 Å². The third-order valence-corrected chi connectivity index (χ3v) is 6.19. The Kier molecular flexibility index (Phi) is 8.88. The van der Waals surface area contributed by atoms with Gasteiger partial charge in [0, 0.05) is 30.6 Å². The lowest BCUT2D eigenvalue weighted by Crippen LogP contribution is -2.35. The zero-order valence-corrected chi connectivity index (χ0v) is 20.6. The number of nitrogens with one attached hydrogen (secondary N) is 3. The molecule has 0 aliphatic rings. The summed E-state index contributed by atoms with van der Waals surface area (Å²) in [5, 5.41) is 16.0. The molecule has 0 radical (unpaired) electrons. The number of hydrogen-bond donors (Lipinski definition) is 4. The Morgan fingerprint density at radius 3 is 2.71 bits per heavy atom. The molecule has 0 fully saturated rings. The maximum atomic E-state index is 12.8. The van der Waals surface area contributed by atoms with Gasteiger partial charge in [-0.05, 0) is 38.1 Å². The lowest BCUT2D eigenvalue weighted by molar-refractivity contribution is -0.130. The summed E-state index contributed by atoms with van der Waals surface area (Å²) < 4.78 is 0. The van der Waals surface area contributed by atoms with E-state index in [2.05, 4.69) is 25.6 Å². The normalized spacial score (nSPS) is 10.9. The van der Waals surface area contributed by atoms with E-state index in [9.17, 15) is 9.59 Å². The number of thiazole rings is 1. The molecule has 4 N–H and O–H groups in total. The molecule has 0 aliphatic carbocycles. The van der Waals surface area contributed by atoms with Gasteiger partial charge in [-0.25, -0.2) is 20.4 Å². The van der Waals surface area contributed by atoms with Crippen LogP contribution in [0.2, 0.25) is 5.02 Å². The smallest absolute Gasteiger partial charge is 0.257 e. The average molecular weight is 504 g/mol. The predicted molar refractivity (Wildman–Crippen MR) is 132 cm³/mol. The summed E-state index contributed by atoms with van der Waals surface area (Å²) in [6.45, 7) is 4.87. The van der Waals surface area contributed by atoms with E-state index in [-0.39, 0.29) is 18.7 Å². The van der Waals surface area contributed by atoms with E-state index in [4.69, 9.17) is 16.8 Å². The number of hydrogen-bond acceptors (Lipinski definition) is 10. The SMILES string of the molecule is Cc1nc(NCCN(C)CC(=O)NO)cc(Nc2ncc(C(=O)Cc3c(C)cccc3Cl)s2)n1. The maximum absolute atomic E-state index is 12.8. The number of carbonyl (C=O) groups excluding carboxylic acids is 2. The van der Waals surface area contributed by atoms with Crippen molar-refractivity contribution in [3.8, 4) is 0 Å². The van der Waals surface area contributed by atoms with Crippen LogP contribution in [0.15, 0.2) is 30.5 Å². The van der Waals surface area contributed by atoms with E-state index < -0.39 is 5.91 Å². The zero-order valence-electron chi connectivity index (χ0n) is 19.1. The van der Waals surface area contributed by atoms with Crippen LogP contribution in [-0.2, 0) is 11.2 Å². The number of likely N-dealkylation sites (N-methyl/N-ethyl adjacent to an activating group) is 1. The van der Waals surface area contributed by atoms with E-state index in [1.807, 2.05) is 19.1 Å². The van der Waals surface area contributed by atoms with Crippen molar-refractivity contribution in [2.45, 2.75) is 20.3 Å². The highest BCUT2D eigenvalue weighted by Gasteiger charge is 2.15. The monoisotopic (exact) mass is 503 g/mol. The van der Waals surface area contributed by atoms with Gasteiger partial charge >= 0.3 is 0 Å². The number of Topliss-reactive ketones (excluding diaryl/α,β-unsaturated/α-hetero) is 1. The lowest BCUT2D eigenvalue weighted by atomic mass is 10.0. The largest absolute Gasteiger partial charge is 0.369 e. The number of hydroxylamine groups is 1. The Bertz CT molecular complexity index is 1150. The van der Waals surface area contributed by atoms with Crippen molar-refractivity contribution in [2.75, 3.05) is 37.3 Å². The first kappa shape index (κ1) is 25.5. The maximum Gasteiger partial charge on any atom is 0.257 e. The van der Waals surface area contributed by atoms with Crippen LogP contribution in [0.5, 0.6) is 0 Å². The number of halogens is 1. The minimum absolute atomic E-state index is 0.0537. The minimum atomic E-state index is -0.477. The molecule has 2 aromatic heterocycles. The zero-order chi connectivity index (χ0) is 24.7. The van der Waals surface area contributed by atoms with Crippen molar-refractivity contribution in [1.29, 1.82) is 0 Å². The van der Waals surface area contributed by atoms with Gasteiger partial charge in [0.05, 0.1) is 17.6 Å². The molecule has 2 heterocycles. The van der Waals surface area contributed by atoms with Crippen LogP contribution in [0.25, 0.3) is 0 Å². The molecule has 0 bridgehead atoms. The molecular weight excluding hydrogens is 478 g/mol.